The third-order valence-corrected chi connectivity index (χ3v) is 16.6. The second-order valence-electron chi connectivity index (χ2n) is 23.6. The van der Waals surface area contributed by atoms with Gasteiger partial charge in [-0.25, -0.2) is 0 Å². The molecule has 3 heterocycles. The molecule has 19 nitrogen and oxygen atoms in total. The number of aliphatic hydroxyl groups is 11. The zero-order chi connectivity index (χ0) is 59.0. The van der Waals surface area contributed by atoms with Gasteiger partial charge in [0.05, 0.1) is 38.6 Å². The van der Waals surface area contributed by atoms with E-state index in [0.717, 1.165) is 44.9 Å². The lowest BCUT2D eigenvalue weighted by Crippen LogP contribution is -2.66. The van der Waals surface area contributed by atoms with Gasteiger partial charge >= 0.3 is 0 Å². The number of amides is 1. The average Bonchev–Trinajstić information content (AvgIpc) is 3.57. The lowest BCUT2D eigenvalue weighted by molar-refractivity contribution is -0.379. The number of rotatable bonds is 49. The molecule has 0 aromatic rings. The van der Waals surface area contributed by atoms with Gasteiger partial charge in [-0.05, 0) is 19.3 Å². The molecule has 3 aliphatic heterocycles. The van der Waals surface area contributed by atoms with E-state index >= 15 is 0 Å². The summed E-state index contributed by atoms with van der Waals surface area (Å²) >= 11 is 0. The van der Waals surface area contributed by atoms with Gasteiger partial charge in [0.2, 0.25) is 5.91 Å². The van der Waals surface area contributed by atoms with Crippen LogP contribution in [0.1, 0.15) is 245 Å². The Balaban J connectivity index is 1.44. The number of unbranched alkanes of at least 4 members (excludes halogenated alkanes) is 33. The second kappa shape index (κ2) is 45.8. The molecule has 81 heavy (non-hydrogen) atoms. The Labute approximate surface area is 486 Å². The number of ether oxygens (including phenoxy) is 6. The van der Waals surface area contributed by atoms with E-state index in [4.69, 9.17) is 28.4 Å². The Morgan fingerprint density at radius 1 is 0.432 bits per heavy atom. The van der Waals surface area contributed by atoms with Gasteiger partial charge in [0.25, 0.3) is 0 Å². The molecule has 6 unspecified atom stereocenters. The molecule has 3 aliphatic rings. The topological polar surface area (TPSA) is 307 Å². The van der Waals surface area contributed by atoms with Crippen LogP contribution in [0.3, 0.4) is 0 Å². The van der Waals surface area contributed by atoms with Gasteiger partial charge in [-0.3, -0.25) is 4.79 Å². The molecule has 1 amide bonds. The predicted octanol–water partition coefficient (Wildman–Crippen LogP) is 6.94. The highest BCUT2D eigenvalue weighted by Crippen LogP contribution is 2.33. The maximum Gasteiger partial charge on any atom is 0.220 e. The van der Waals surface area contributed by atoms with Gasteiger partial charge in [0.1, 0.15) is 73.2 Å². The van der Waals surface area contributed by atoms with E-state index in [9.17, 15) is 61.0 Å². The molecule has 478 valence electrons. The predicted molar refractivity (Wildman–Crippen MR) is 310 cm³/mol. The van der Waals surface area contributed by atoms with Crippen LogP contribution in [0.15, 0.2) is 12.2 Å². The minimum atomic E-state index is -1.97. The number of aliphatic hydroxyl groups excluding tert-OH is 11. The Morgan fingerprint density at radius 2 is 0.765 bits per heavy atom. The first-order valence-corrected chi connectivity index (χ1v) is 32.4. The molecule has 3 fully saturated rings. The maximum atomic E-state index is 13.3. The van der Waals surface area contributed by atoms with Gasteiger partial charge in [0, 0.05) is 6.42 Å². The van der Waals surface area contributed by atoms with Crippen molar-refractivity contribution in [2.24, 2.45) is 0 Å². The minimum Gasteiger partial charge on any atom is -0.394 e. The lowest BCUT2D eigenvalue weighted by atomic mass is 9.96. The molecule has 3 rings (SSSR count). The third-order valence-electron chi connectivity index (χ3n) is 16.6. The normalized spacial score (nSPS) is 29.8. The van der Waals surface area contributed by atoms with E-state index in [1.807, 2.05) is 6.08 Å². The highest BCUT2D eigenvalue weighted by Gasteiger charge is 2.53. The van der Waals surface area contributed by atoms with E-state index in [2.05, 4.69) is 19.2 Å². The molecule has 0 aliphatic carbocycles. The van der Waals surface area contributed by atoms with Crippen LogP contribution in [0.4, 0.5) is 0 Å². The monoisotopic (exact) mass is 1160 g/mol. The number of nitrogens with one attached hydrogen (secondary N) is 1. The van der Waals surface area contributed by atoms with E-state index in [-0.39, 0.29) is 18.9 Å². The molecule has 0 saturated carbocycles. The number of carbonyl (C=O) groups excluding carboxylic acids is 1. The largest absolute Gasteiger partial charge is 0.394 e. The van der Waals surface area contributed by atoms with Crippen molar-refractivity contribution in [1.29, 1.82) is 0 Å². The molecule has 19 heteroatoms. The van der Waals surface area contributed by atoms with Crippen LogP contribution in [0.2, 0.25) is 0 Å². The number of hydrogen-bond donors (Lipinski definition) is 12. The summed E-state index contributed by atoms with van der Waals surface area (Å²) in [5, 5.41) is 120. The van der Waals surface area contributed by atoms with Crippen molar-refractivity contribution in [2.45, 2.75) is 349 Å². The summed E-state index contributed by atoms with van der Waals surface area (Å²) in [5.41, 5.74) is 0. The summed E-state index contributed by atoms with van der Waals surface area (Å²) in [4.78, 5) is 13.3. The Morgan fingerprint density at radius 3 is 1.16 bits per heavy atom. The number of hydrogen-bond acceptors (Lipinski definition) is 18. The van der Waals surface area contributed by atoms with E-state index in [1.165, 1.54) is 173 Å². The van der Waals surface area contributed by atoms with Crippen molar-refractivity contribution < 1.29 is 89.4 Å². The van der Waals surface area contributed by atoms with E-state index < -0.39 is 124 Å². The molecule has 0 spiro atoms. The summed E-state index contributed by atoms with van der Waals surface area (Å²) in [7, 11) is 0. The second-order valence-corrected chi connectivity index (χ2v) is 23.6. The molecule has 0 aromatic carbocycles. The lowest BCUT2D eigenvalue weighted by Gasteiger charge is -2.48. The van der Waals surface area contributed by atoms with Crippen molar-refractivity contribution in [2.75, 3.05) is 26.4 Å². The van der Waals surface area contributed by atoms with Gasteiger partial charge in [-0.2, -0.15) is 0 Å². The van der Waals surface area contributed by atoms with Crippen LogP contribution in [-0.2, 0) is 33.2 Å². The first-order valence-electron chi connectivity index (χ1n) is 32.4. The van der Waals surface area contributed by atoms with Crippen LogP contribution in [0, 0.1) is 0 Å². The molecular formula is C62H117NO18. The van der Waals surface area contributed by atoms with Crippen LogP contribution in [-0.4, -0.2) is 193 Å². The number of carbonyl (C=O) groups is 1. The van der Waals surface area contributed by atoms with Gasteiger partial charge in [-0.1, -0.05) is 231 Å². The van der Waals surface area contributed by atoms with Crippen LogP contribution in [0.5, 0.6) is 0 Å². The standard InChI is InChI=1S/C62H117NO18/c1-3-5-7-9-11-13-15-17-18-19-20-21-22-23-24-25-26-28-30-32-34-36-38-40-50(68)63-45(46(67)39-37-35-33-31-29-27-16-14-12-10-8-6-4-2)44-76-60-56(74)53(71)58(48(42-65)78-60)81-62-57(75)54(72)59(49(43-66)79-62)80-61-55(73)52(70)51(69)47(41-64)77-61/h37,39,45-49,51-62,64-67,69-75H,3-36,38,40-44H2,1-2H3,(H,63,68)/b39-37+/t45-,46+,47?,48?,49?,51-,52-,53+,54+,55?,56?,57?,58+,59-,60+,61-,62-/m0/s1. The van der Waals surface area contributed by atoms with Crippen molar-refractivity contribution in [1.82, 2.24) is 5.32 Å². The van der Waals surface area contributed by atoms with Crippen LogP contribution < -0.4 is 5.32 Å². The molecule has 0 radical (unpaired) electrons. The molecular weight excluding hydrogens is 1050 g/mol. The third kappa shape index (κ3) is 29.2. The molecule has 17 atom stereocenters. The maximum absolute atomic E-state index is 13.3. The quantitative estimate of drug-likeness (QED) is 0.0217. The van der Waals surface area contributed by atoms with Crippen molar-refractivity contribution in [3.8, 4) is 0 Å². The van der Waals surface area contributed by atoms with Gasteiger partial charge in [-0.15, -0.1) is 0 Å². The smallest absolute Gasteiger partial charge is 0.220 e. The summed E-state index contributed by atoms with van der Waals surface area (Å²) < 4.78 is 34.3. The van der Waals surface area contributed by atoms with Gasteiger partial charge < -0.3 is 89.9 Å². The summed E-state index contributed by atoms with van der Waals surface area (Å²) in [6.45, 7) is 1.74. The molecule has 0 bridgehead atoms. The van der Waals surface area contributed by atoms with E-state index in [0.29, 0.717) is 6.42 Å². The minimum absolute atomic E-state index is 0.249. The van der Waals surface area contributed by atoms with Crippen molar-refractivity contribution in [3.05, 3.63) is 12.2 Å². The fourth-order valence-electron chi connectivity index (χ4n) is 11.3. The summed E-state index contributed by atoms with van der Waals surface area (Å²) in [6.07, 6.45) is 20.5. The highest BCUT2D eigenvalue weighted by atomic mass is 16.8. The zero-order valence-corrected chi connectivity index (χ0v) is 50.0. The fraction of sp³-hybridized carbons (Fsp3) is 0.952. The van der Waals surface area contributed by atoms with Gasteiger partial charge in [0.15, 0.2) is 18.9 Å². The zero-order valence-electron chi connectivity index (χ0n) is 50.0. The highest BCUT2D eigenvalue weighted by molar-refractivity contribution is 5.76. The SMILES string of the molecule is CCCCCCCCCCCCC/C=C/[C@@H](O)[C@H](CO[C@@H]1OC(CO)[C@@H](O[C@@H]2OC(CO)[C@H](O[C@@H]3OC(CO)[C@H](O)[C@H](O)C3O)[C@H](O)C2O)[C@H](O)C1O)NC(=O)CCCCCCCCCCCCCCCCCCCCCCCCC. The molecule has 12 N–H and O–H groups in total. The summed E-state index contributed by atoms with van der Waals surface area (Å²) in [5.74, 6) is -0.271. The molecule has 3 saturated heterocycles. The van der Waals surface area contributed by atoms with Crippen molar-refractivity contribution in [3.63, 3.8) is 0 Å². The van der Waals surface area contributed by atoms with Crippen LogP contribution in [0.25, 0.3) is 0 Å². The Bertz CT molecular complexity index is 1530. The molecule has 0 aromatic heterocycles. The van der Waals surface area contributed by atoms with Crippen molar-refractivity contribution >= 4 is 5.91 Å². The Hall–Kier alpha value is -1.47. The first kappa shape index (κ1) is 73.8. The first-order chi connectivity index (χ1) is 39.3. The average molecular weight is 1160 g/mol. The van der Waals surface area contributed by atoms with E-state index in [1.54, 1.807) is 6.08 Å². The summed E-state index contributed by atoms with van der Waals surface area (Å²) in [6, 6.07) is -0.967. The Kier molecular flexibility index (Phi) is 41.7. The van der Waals surface area contributed by atoms with Crippen LogP contribution >= 0.6 is 0 Å². The number of allylic oxidation sites excluding steroid dienone is 1. The fourth-order valence-corrected chi connectivity index (χ4v) is 11.3.